The molecule has 2 heteroatoms. The largest absolute Gasteiger partial charge is 0.372 e. The quantitative estimate of drug-likeness (QED) is 0.618. The van der Waals surface area contributed by atoms with Crippen molar-refractivity contribution in [3.8, 4) is 0 Å². The summed E-state index contributed by atoms with van der Waals surface area (Å²) in [4.78, 5) is 0. The Bertz CT molecular complexity index is 150. The zero-order valence-corrected chi connectivity index (χ0v) is 7.44. The lowest BCUT2D eigenvalue weighted by Gasteiger charge is -2.39. The van der Waals surface area contributed by atoms with Gasteiger partial charge in [-0.15, -0.1) is 6.58 Å². The van der Waals surface area contributed by atoms with Gasteiger partial charge in [0, 0.05) is 13.1 Å². The highest BCUT2D eigenvalue weighted by Gasteiger charge is 2.31. The Labute approximate surface area is 68.6 Å². The van der Waals surface area contributed by atoms with E-state index in [-0.39, 0.29) is 5.60 Å². The minimum absolute atomic E-state index is 0.107. The molecule has 0 aliphatic carbocycles. The molecule has 1 rings (SSSR count). The number of hydrogen-bond acceptors (Lipinski definition) is 2. The van der Waals surface area contributed by atoms with Crippen LogP contribution in [0.3, 0.4) is 0 Å². The monoisotopic (exact) mass is 155 g/mol. The van der Waals surface area contributed by atoms with Gasteiger partial charge in [0.25, 0.3) is 0 Å². The van der Waals surface area contributed by atoms with E-state index in [1.807, 2.05) is 6.92 Å². The molecule has 0 spiro atoms. The molecule has 0 aromatic heterocycles. The first-order valence-electron chi connectivity index (χ1n) is 4.11. The van der Waals surface area contributed by atoms with E-state index in [2.05, 4.69) is 18.8 Å². The van der Waals surface area contributed by atoms with Crippen LogP contribution in [0.2, 0.25) is 0 Å². The molecule has 0 amide bonds. The van der Waals surface area contributed by atoms with Crippen LogP contribution in [0.1, 0.15) is 20.3 Å². The molecule has 0 unspecified atom stereocenters. The van der Waals surface area contributed by atoms with Gasteiger partial charge in [-0.1, -0.05) is 5.57 Å². The molecule has 11 heavy (non-hydrogen) atoms. The van der Waals surface area contributed by atoms with E-state index < -0.39 is 0 Å². The van der Waals surface area contributed by atoms with Gasteiger partial charge in [-0.3, -0.25) is 0 Å². The van der Waals surface area contributed by atoms with Crippen molar-refractivity contribution in [3.05, 3.63) is 12.2 Å². The summed E-state index contributed by atoms with van der Waals surface area (Å²) in [5, 5.41) is 3.19. The van der Waals surface area contributed by atoms with Gasteiger partial charge in [0.15, 0.2) is 0 Å². The maximum atomic E-state index is 5.65. The molecule has 1 aliphatic rings. The predicted molar refractivity (Wildman–Crippen MR) is 46.7 cm³/mol. The Balaban J connectivity index is 2.07. The Hall–Kier alpha value is -0.340. The summed E-state index contributed by atoms with van der Waals surface area (Å²) in [6.07, 6.45) is 0.982. The van der Waals surface area contributed by atoms with Crippen LogP contribution in [0.5, 0.6) is 0 Å². The molecular formula is C9H17NO. The second kappa shape index (κ2) is 3.37. The van der Waals surface area contributed by atoms with Crippen LogP contribution < -0.4 is 5.32 Å². The third-order valence-corrected chi connectivity index (χ3v) is 1.98. The van der Waals surface area contributed by atoms with Crippen molar-refractivity contribution < 1.29 is 4.74 Å². The summed E-state index contributed by atoms with van der Waals surface area (Å²) in [7, 11) is 0. The van der Waals surface area contributed by atoms with E-state index in [9.17, 15) is 0 Å². The molecule has 1 saturated heterocycles. The molecule has 0 aromatic rings. The summed E-state index contributed by atoms with van der Waals surface area (Å²) < 4.78 is 5.65. The van der Waals surface area contributed by atoms with Crippen molar-refractivity contribution >= 4 is 0 Å². The lowest BCUT2D eigenvalue weighted by atomic mass is 10.0. The van der Waals surface area contributed by atoms with Crippen molar-refractivity contribution in [2.24, 2.45) is 0 Å². The first kappa shape index (κ1) is 8.75. The van der Waals surface area contributed by atoms with Crippen LogP contribution in [-0.4, -0.2) is 25.3 Å². The molecule has 1 aliphatic heterocycles. The number of ether oxygens (including phenoxy) is 1. The molecule has 1 heterocycles. The van der Waals surface area contributed by atoms with Crippen molar-refractivity contribution in [2.75, 3.05) is 19.7 Å². The van der Waals surface area contributed by atoms with Gasteiger partial charge in [0.05, 0.1) is 12.2 Å². The second-order valence-electron chi connectivity index (χ2n) is 3.61. The van der Waals surface area contributed by atoms with Crippen molar-refractivity contribution in [3.63, 3.8) is 0 Å². The Morgan fingerprint density at radius 1 is 1.64 bits per heavy atom. The van der Waals surface area contributed by atoms with Crippen LogP contribution >= 0.6 is 0 Å². The third-order valence-electron chi connectivity index (χ3n) is 1.98. The van der Waals surface area contributed by atoms with Crippen LogP contribution in [0.4, 0.5) is 0 Å². The molecular weight excluding hydrogens is 138 g/mol. The van der Waals surface area contributed by atoms with E-state index in [0.29, 0.717) is 0 Å². The Kier molecular flexibility index (Phi) is 2.68. The van der Waals surface area contributed by atoms with Crippen LogP contribution in [0.15, 0.2) is 12.2 Å². The first-order valence-corrected chi connectivity index (χ1v) is 4.11. The van der Waals surface area contributed by atoms with Crippen LogP contribution in [-0.2, 0) is 4.74 Å². The van der Waals surface area contributed by atoms with Gasteiger partial charge in [-0.25, -0.2) is 0 Å². The highest BCUT2D eigenvalue weighted by molar-refractivity contribution is 4.92. The van der Waals surface area contributed by atoms with Gasteiger partial charge >= 0.3 is 0 Å². The Morgan fingerprint density at radius 3 is 2.64 bits per heavy atom. The SMILES string of the molecule is C=C(C)CCOC1(C)CNC1. The maximum absolute atomic E-state index is 5.65. The molecule has 1 N–H and O–H groups in total. The number of nitrogens with one attached hydrogen (secondary N) is 1. The summed E-state index contributed by atoms with van der Waals surface area (Å²) in [6, 6.07) is 0. The molecule has 0 aromatic carbocycles. The molecule has 2 nitrogen and oxygen atoms in total. The fourth-order valence-corrected chi connectivity index (χ4v) is 1.05. The van der Waals surface area contributed by atoms with Crippen molar-refractivity contribution in [1.82, 2.24) is 5.32 Å². The van der Waals surface area contributed by atoms with E-state index >= 15 is 0 Å². The molecule has 0 atom stereocenters. The average Bonchev–Trinajstić information content (AvgIpc) is 1.83. The summed E-state index contributed by atoms with van der Waals surface area (Å²) in [6.45, 7) is 10.8. The third kappa shape index (κ3) is 2.64. The van der Waals surface area contributed by atoms with Crippen LogP contribution in [0.25, 0.3) is 0 Å². The lowest BCUT2D eigenvalue weighted by Crippen LogP contribution is -2.59. The minimum atomic E-state index is 0.107. The molecule has 0 saturated carbocycles. The minimum Gasteiger partial charge on any atom is -0.372 e. The zero-order chi connectivity index (χ0) is 8.32. The first-order chi connectivity index (χ1) is 5.12. The van der Waals surface area contributed by atoms with Gasteiger partial charge in [-0.05, 0) is 20.3 Å². The standard InChI is InChI=1S/C9H17NO/c1-8(2)4-5-11-9(3)6-10-7-9/h10H,1,4-7H2,2-3H3. The zero-order valence-electron chi connectivity index (χ0n) is 7.44. The van der Waals surface area contributed by atoms with E-state index in [1.54, 1.807) is 0 Å². The van der Waals surface area contributed by atoms with E-state index in [4.69, 9.17) is 4.74 Å². The van der Waals surface area contributed by atoms with E-state index in [1.165, 1.54) is 5.57 Å². The second-order valence-corrected chi connectivity index (χ2v) is 3.61. The number of rotatable bonds is 4. The van der Waals surface area contributed by atoms with Gasteiger partial charge in [-0.2, -0.15) is 0 Å². The summed E-state index contributed by atoms with van der Waals surface area (Å²) in [5.41, 5.74) is 1.30. The Morgan fingerprint density at radius 2 is 2.27 bits per heavy atom. The highest BCUT2D eigenvalue weighted by atomic mass is 16.5. The predicted octanol–water partition coefficient (Wildman–Crippen LogP) is 1.33. The summed E-state index contributed by atoms with van der Waals surface area (Å²) >= 11 is 0. The molecule has 0 radical (unpaired) electrons. The summed E-state index contributed by atoms with van der Waals surface area (Å²) in [5.74, 6) is 0. The molecule has 64 valence electrons. The topological polar surface area (TPSA) is 21.3 Å². The maximum Gasteiger partial charge on any atom is 0.0901 e. The fourth-order valence-electron chi connectivity index (χ4n) is 1.05. The van der Waals surface area contributed by atoms with Crippen molar-refractivity contribution in [2.45, 2.75) is 25.9 Å². The average molecular weight is 155 g/mol. The van der Waals surface area contributed by atoms with Gasteiger partial charge < -0.3 is 10.1 Å². The smallest absolute Gasteiger partial charge is 0.0901 e. The van der Waals surface area contributed by atoms with E-state index in [0.717, 1.165) is 26.1 Å². The van der Waals surface area contributed by atoms with Crippen molar-refractivity contribution in [1.29, 1.82) is 0 Å². The van der Waals surface area contributed by atoms with Gasteiger partial charge in [0.1, 0.15) is 0 Å². The highest BCUT2D eigenvalue weighted by Crippen LogP contribution is 2.15. The molecule has 1 fully saturated rings. The normalized spacial score (nSPS) is 20.9. The van der Waals surface area contributed by atoms with Gasteiger partial charge in [0.2, 0.25) is 0 Å². The fraction of sp³-hybridized carbons (Fsp3) is 0.778. The lowest BCUT2D eigenvalue weighted by molar-refractivity contribution is -0.0651. The number of hydrogen-bond donors (Lipinski definition) is 1. The molecule has 0 bridgehead atoms. The van der Waals surface area contributed by atoms with Crippen LogP contribution in [0, 0.1) is 0 Å².